The molecule has 34 heavy (non-hydrogen) atoms. The van der Waals surface area contributed by atoms with E-state index in [1.165, 1.54) is 0 Å². The average molecular weight is 459 g/mol. The second-order valence-corrected chi connectivity index (χ2v) is 9.34. The number of ether oxygens (including phenoxy) is 1. The number of amides is 1. The van der Waals surface area contributed by atoms with Crippen LogP contribution in [0.2, 0.25) is 0 Å². The van der Waals surface area contributed by atoms with Crippen molar-refractivity contribution in [1.29, 1.82) is 0 Å². The van der Waals surface area contributed by atoms with Crippen LogP contribution in [0.3, 0.4) is 0 Å². The zero-order valence-electron chi connectivity index (χ0n) is 19.2. The molecule has 2 aliphatic heterocycles. The number of piperidine rings is 1. The lowest BCUT2D eigenvalue weighted by molar-refractivity contribution is -0.0195. The second-order valence-electron chi connectivity index (χ2n) is 9.34. The smallest absolute Gasteiger partial charge is 0.259 e. The zero-order chi connectivity index (χ0) is 23.3. The van der Waals surface area contributed by atoms with Gasteiger partial charge < -0.3 is 23.9 Å². The van der Waals surface area contributed by atoms with Gasteiger partial charge >= 0.3 is 0 Å². The van der Waals surface area contributed by atoms with Gasteiger partial charge in [-0.15, -0.1) is 0 Å². The third-order valence-corrected chi connectivity index (χ3v) is 7.04. The number of furan rings is 1. The first-order valence-corrected chi connectivity index (χ1v) is 11.6. The fourth-order valence-electron chi connectivity index (χ4n) is 5.14. The van der Waals surface area contributed by atoms with Crippen LogP contribution in [-0.4, -0.2) is 46.7 Å². The Morgan fingerprint density at radius 1 is 1.18 bits per heavy atom. The molecule has 0 aliphatic carbocycles. The highest BCUT2D eigenvalue weighted by molar-refractivity contribution is 6.07. The van der Waals surface area contributed by atoms with E-state index in [4.69, 9.17) is 13.7 Å². The Hall–Kier alpha value is -3.65. The number of hydrogen-bond donors (Lipinski definition) is 1. The van der Waals surface area contributed by atoms with E-state index in [1.54, 1.807) is 24.5 Å². The molecular formula is C26H26N4O4. The fourth-order valence-corrected chi connectivity index (χ4v) is 5.14. The highest BCUT2D eigenvalue weighted by Gasteiger charge is 2.43. The van der Waals surface area contributed by atoms with Crippen molar-refractivity contribution in [2.24, 2.45) is 0 Å². The van der Waals surface area contributed by atoms with Crippen LogP contribution >= 0.6 is 0 Å². The van der Waals surface area contributed by atoms with Crippen LogP contribution in [0.5, 0.6) is 5.75 Å². The van der Waals surface area contributed by atoms with Gasteiger partial charge in [-0.25, -0.2) is 4.98 Å². The zero-order valence-corrected chi connectivity index (χ0v) is 19.2. The normalized spacial score (nSPS) is 19.6. The van der Waals surface area contributed by atoms with Crippen molar-refractivity contribution in [3.05, 3.63) is 65.5 Å². The van der Waals surface area contributed by atoms with E-state index >= 15 is 0 Å². The second kappa shape index (κ2) is 7.99. The number of nitrogens with zero attached hydrogens (tertiary/aromatic N) is 3. The number of carbonyl (C=O) groups excluding carboxylic acids is 1. The quantitative estimate of drug-likeness (QED) is 0.483. The number of hydrogen-bond acceptors (Lipinski definition) is 7. The number of nitrogens with one attached hydrogen (secondary N) is 1. The number of carbonyl (C=O) groups is 1. The third-order valence-electron chi connectivity index (χ3n) is 7.04. The predicted octanol–water partition coefficient (Wildman–Crippen LogP) is 4.51. The summed E-state index contributed by atoms with van der Waals surface area (Å²) in [4.78, 5) is 20.6. The number of benzene rings is 1. The molecule has 1 saturated heterocycles. The highest BCUT2D eigenvalue weighted by atomic mass is 16.5. The number of pyridine rings is 1. The van der Waals surface area contributed by atoms with Gasteiger partial charge in [0.2, 0.25) is 0 Å². The molecule has 174 valence electrons. The van der Waals surface area contributed by atoms with Crippen LogP contribution < -0.4 is 10.1 Å². The van der Waals surface area contributed by atoms with E-state index in [-0.39, 0.29) is 17.6 Å². The largest absolute Gasteiger partial charge is 0.487 e. The minimum Gasteiger partial charge on any atom is -0.487 e. The summed E-state index contributed by atoms with van der Waals surface area (Å²) in [7, 11) is 2.13. The van der Waals surface area contributed by atoms with Crippen molar-refractivity contribution >= 4 is 17.0 Å². The van der Waals surface area contributed by atoms with E-state index in [9.17, 15) is 4.79 Å². The van der Waals surface area contributed by atoms with Gasteiger partial charge in [0.1, 0.15) is 17.0 Å². The number of aryl methyl sites for hydroxylation is 1. The molecule has 1 fully saturated rings. The summed E-state index contributed by atoms with van der Waals surface area (Å²) >= 11 is 0. The Labute approximate surface area is 196 Å². The minimum absolute atomic E-state index is 0.170. The van der Waals surface area contributed by atoms with Crippen molar-refractivity contribution in [3.63, 3.8) is 0 Å². The standard InChI is InChI=1S/C26H26N4O4/c1-16-23-18(14-19(22-8-5-13-32-22)28-25(23)34-29-16)24(31)27-20-15-26(9-11-30(2)12-10-26)33-21-7-4-3-6-17(20)21/h3-8,13-14,20H,9-12,15H2,1-2H3,(H,27,31). The Kier molecular flexibility index (Phi) is 4.91. The van der Waals surface area contributed by atoms with Crippen LogP contribution in [-0.2, 0) is 0 Å². The van der Waals surface area contributed by atoms with Crippen molar-refractivity contribution < 1.29 is 18.5 Å². The molecule has 0 bridgehead atoms. The van der Waals surface area contributed by atoms with E-state index in [0.29, 0.717) is 33.8 Å². The van der Waals surface area contributed by atoms with Gasteiger partial charge in [0.05, 0.1) is 28.9 Å². The maximum absolute atomic E-state index is 13.7. The molecule has 1 atom stereocenters. The lowest BCUT2D eigenvalue weighted by atomic mass is 9.80. The summed E-state index contributed by atoms with van der Waals surface area (Å²) in [5, 5.41) is 7.96. The number of fused-ring (bicyclic) bond motifs is 2. The molecule has 2 aliphatic rings. The maximum Gasteiger partial charge on any atom is 0.259 e. The summed E-state index contributed by atoms with van der Waals surface area (Å²) in [6, 6.07) is 13.2. The van der Waals surface area contributed by atoms with Gasteiger partial charge in [0.25, 0.3) is 11.6 Å². The van der Waals surface area contributed by atoms with E-state index in [0.717, 1.165) is 43.7 Å². The molecule has 1 N–H and O–H groups in total. The van der Waals surface area contributed by atoms with Crippen LogP contribution in [0.25, 0.3) is 22.6 Å². The van der Waals surface area contributed by atoms with Gasteiger partial charge in [0, 0.05) is 25.1 Å². The van der Waals surface area contributed by atoms with Gasteiger partial charge in [-0.1, -0.05) is 23.4 Å². The molecule has 8 heteroatoms. The molecule has 0 radical (unpaired) electrons. The monoisotopic (exact) mass is 458 g/mol. The average Bonchev–Trinajstić information content (AvgIpc) is 3.51. The summed E-state index contributed by atoms with van der Waals surface area (Å²) in [5.74, 6) is 1.21. The maximum atomic E-state index is 13.7. The fraction of sp³-hybridized carbons (Fsp3) is 0.346. The number of para-hydroxylation sites is 1. The first kappa shape index (κ1) is 20.9. The van der Waals surface area contributed by atoms with Crippen LogP contribution in [0.4, 0.5) is 0 Å². The Balaban J connectivity index is 1.37. The van der Waals surface area contributed by atoms with Gasteiger partial charge in [-0.05, 0) is 51.1 Å². The molecule has 3 aromatic heterocycles. The van der Waals surface area contributed by atoms with Crippen molar-refractivity contribution in [3.8, 4) is 17.2 Å². The van der Waals surface area contributed by atoms with Crippen LogP contribution in [0.1, 0.15) is 46.9 Å². The topological polar surface area (TPSA) is 93.6 Å². The summed E-state index contributed by atoms with van der Waals surface area (Å²) < 4.78 is 17.5. The van der Waals surface area contributed by atoms with E-state index in [2.05, 4.69) is 27.4 Å². The van der Waals surface area contributed by atoms with Gasteiger partial charge in [-0.3, -0.25) is 4.79 Å². The molecule has 1 amide bonds. The van der Waals surface area contributed by atoms with Crippen molar-refractivity contribution in [2.75, 3.05) is 20.1 Å². The molecule has 6 rings (SSSR count). The van der Waals surface area contributed by atoms with Gasteiger partial charge in [-0.2, -0.15) is 0 Å². The van der Waals surface area contributed by atoms with E-state index < -0.39 is 0 Å². The summed E-state index contributed by atoms with van der Waals surface area (Å²) in [6.45, 7) is 3.76. The third kappa shape index (κ3) is 3.54. The molecule has 1 unspecified atom stereocenters. The Morgan fingerprint density at radius 3 is 2.79 bits per heavy atom. The minimum atomic E-state index is -0.279. The van der Waals surface area contributed by atoms with Crippen molar-refractivity contribution in [1.82, 2.24) is 20.4 Å². The van der Waals surface area contributed by atoms with Crippen molar-refractivity contribution in [2.45, 2.75) is 37.8 Å². The number of aromatic nitrogens is 2. The van der Waals surface area contributed by atoms with Crippen LogP contribution in [0.15, 0.2) is 57.7 Å². The summed E-state index contributed by atoms with van der Waals surface area (Å²) in [6.07, 6.45) is 4.16. The molecule has 4 aromatic rings. The lowest BCUT2D eigenvalue weighted by Crippen LogP contribution is -2.51. The SMILES string of the molecule is Cc1noc2nc(-c3ccco3)cc(C(=O)NC3CC4(CCN(C)CC4)Oc4ccccc43)c12. The first-order valence-electron chi connectivity index (χ1n) is 11.6. The Bertz CT molecular complexity index is 1350. The molecular weight excluding hydrogens is 432 g/mol. The van der Waals surface area contributed by atoms with E-state index in [1.807, 2.05) is 31.2 Å². The molecule has 8 nitrogen and oxygen atoms in total. The van der Waals surface area contributed by atoms with Gasteiger partial charge in [0.15, 0.2) is 5.76 Å². The summed E-state index contributed by atoms with van der Waals surface area (Å²) in [5.41, 5.74) is 2.65. The highest BCUT2D eigenvalue weighted by Crippen LogP contribution is 2.44. The molecule has 1 aromatic carbocycles. The number of rotatable bonds is 3. The molecule has 5 heterocycles. The molecule has 1 spiro atoms. The lowest BCUT2D eigenvalue weighted by Gasteiger charge is -2.46. The molecule has 0 saturated carbocycles. The predicted molar refractivity (Wildman–Crippen MR) is 126 cm³/mol. The van der Waals surface area contributed by atoms with Crippen LogP contribution in [0, 0.1) is 6.92 Å². The number of likely N-dealkylation sites (tertiary alicyclic amines) is 1. The first-order chi connectivity index (χ1) is 16.5. The Morgan fingerprint density at radius 2 is 2.00 bits per heavy atom.